The Morgan fingerprint density at radius 3 is 2.44 bits per heavy atom. The number of nitrogens with one attached hydrogen (secondary N) is 1. The van der Waals surface area contributed by atoms with Gasteiger partial charge in [0.25, 0.3) is 0 Å². The van der Waals surface area contributed by atoms with E-state index in [2.05, 4.69) is 10.3 Å². The fraction of sp³-hybridized carbons (Fsp3) is 0.292. The van der Waals surface area contributed by atoms with Crippen LogP contribution in [-0.2, 0) is 9.59 Å². The third kappa shape index (κ3) is 5.29. The average molecular weight is 453 g/mol. The molecular weight excluding hydrogens is 428 g/mol. The fourth-order valence-corrected chi connectivity index (χ4v) is 3.55. The van der Waals surface area contributed by atoms with Gasteiger partial charge >= 0.3 is 0 Å². The number of imidazole rings is 1. The summed E-state index contributed by atoms with van der Waals surface area (Å²) in [5.74, 6) is 1.22. The van der Waals surface area contributed by atoms with E-state index in [1.54, 1.807) is 28.7 Å². The van der Waals surface area contributed by atoms with Crippen LogP contribution < -0.4 is 10.1 Å². The molecule has 2 aromatic carbocycles. The lowest BCUT2D eigenvalue weighted by Gasteiger charge is -2.20. The van der Waals surface area contributed by atoms with Crippen molar-refractivity contribution >= 4 is 29.4 Å². The molecule has 0 atom stereocenters. The quantitative estimate of drug-likeness (QED) is 0.549. The van der Waals surface area contributed by atoms with E-state index in [9.17, 15) is 9.59 Å². The van der Waals surface area contributed by atoms with Crippen LogP contribution in [0.25, 0.3) is 16.9 Å². The van der Waals surface area contributed by atoms with Gasteiger partial charge in [0.1, 0.15) is 5.75 Å². The topological polar surface area (TPSA) is 76.5 Å². The normalized spacial score (nSPS) is 13.0. The van der Waals surface area contributed by atoms with Gasteiger partial charge in [-0.1, -0.05) is 23.7 Å². The van der Waals surface area contributed by atoms with E-state index in [0.29, 0.717) is 29.1 Å². The first-order valence-corrected chi connectivity index (χ1v) is 10.9. The van der Waals surface area contributed by atoms with E-state index in [4.69, 9.17) is 16.3 Å². The predicted molar refractivity (Wildman–Crippen MR) is 124 cm³/mol. The van der Waals surface area contributed by atoms with Crippen molar-refractivity contribution < 1.29 is 14.3 Å². The summed E-state index contributed by atoms with van der Waals surface area (Å²) < 4.78 is 7.05. The number of aromatic nitrogens is 2. The zero-order valence-electron chi connectivity index (χ0n) is 18.0. The van der Waals surface area contributed by atoms with E-state index in [0.717, 1.165) is 29.8 Å². The van der Waals surface area contributed by atoms with Gasteiger partial charge in [-0.25, -0.2) is 4.98 Å². The molecule has 1 saturated carbocycles. The summed E-state index contributed by atoms with van der Waals surface area (Å²) in [6.45, 7) is 2.11. The first-order chi connectivity index (χ1) is 15.4. The molecule has 0 aliphatic heterocycles. The number of ether oxygens (including phenoxy) is 1. The van der Waals surface area contributed by atoms with Crippen LogP contribution in [0.1, 0.15) is 19.8 Å². The second-order valence-electron chi connectivity index (χ2n) is 7.92. The van der Waals surface area contributed by atoms with Crippen LogP contribution in [0.5, 0.6) is 5.75 Å². The second kappa shape index (κ2) is 9.44. The summed E-state index contributed by atoms with van der Waals surface area (Å²) in [6.07, 6.45) is 4.07. The smallest absolute Gasteiger partial charge is 0.246 e. The maximum absolute atomic E-state index is 12.8. The van der Waals surface area contributed by atoms with Gasteiger partial charge in [0.15, 0.2) is 0 Å². The number of anilines is 1. The number of amides is 2. The van der Waals surface area contributed by atoms with Gasteiger partial charge in [-0.2, -0.15) is 0 Å². The number of rotatable bonds is 8. The molecule has 4 rings (SSSR count). The lowest BCUT2D eigenvalue weighted by molar-refractivity contribution is -0.133. The monoisotopic (exact) mass is 452 g/mol. The van der Waals surface area contributed by atoms with Crippen LogP contribution in [0.4, 0.5) is 5.95 Å². The SMILES string of the molecule is COc1ccc(-n2cc(-c3ccc(Cl)cc3)nc2NC(=O)CN(CC2CC2)C(C)=O)cc1. The van der Waals surface area contributed by atoms with Crippen molar-refractivity contribution in [2.75, 3.05) is 25.5 Å². The molecule has 1 N–H and O–H groups in total. The summed E-state index contributed by atoms with van der Waals surface area (Å²) in [6, 6.07) is 14.8. The molecule has 32 heavy (non-hydrogen) atoms. The number of hydrogen-bond donors (Lipinski definition) is 1. The fourth-order valence-electron chi connectivity index (χ4n) is 3.42. The van der Waals surface area contributed by atoms with Gasteiger partial charge in [0.2, 0.25) is 17.8 Å². The molecule has 0 spiro atoms. The Morgan fingerprint density at radius 1 is 1.16 bits per heavy atom. The molecule has 0 bridgehead atoms. The summed E-state index contributed by atoms with van der Waals surface area (Å²) in [5, 5.41) is 3.52. The number of nitrogens with zero attached hydrogens (tertiary/aromatic N) is 3. The largest absolute Gasteiger partial charge is 0.497 e. The summed E-state index contributed by atoms with van der Waals surface area (Å²) in [5.41, 5.74) is 2.38. The van der Waals surface area contributed by atoms with Gasteiger partial charge < -0.3 is 9.64 Å². The van der Waals surface area contributed by atoms with Crippen LogP contribution in [0, 0.1) is 5.92 Å². The second-order valence-corrected chi connectivity index (χ2v) is 8.35. The highest BCUT2D eigenvalue weighted by Crippen LogP contribution is 2.30. The van der Waals surface area contributed by atoms with Crippen molar-refractivity contribution in [3.05, 3.63) is 59.8 Å². The first kappa shape index (κ1) is 21.9. The van der Waals surface area contributed by atoms with Crippen LogP contribution in [0.3, 0.4) is 0 Å². The minimum absolute atomic E-state index is 0.00240. The number of methoxy groups -OCH3 is 1. The van der Waals surface area contributed by atoms with Gasteiger partial charge in [-0.15, -0.1) is 0 Å². The maximum atomic E-state index is 12.8. The van der Waals surface area contributed by atoms with Gasteiger partial charge in [-0.3, -0.25) is 19.5 Å². The van der Waals surface area contributed by atoms with Crippen LogP contribution >= 0.6 is 11.6 Å². The van der Waals surface area contributed by atoms with E-state index in [-0.39, 0.29) is 18.4 Å². The highest BCUT2D eigenvalue weighted by molar-refractivity contribution is 6.30. The lowest BCUT2D eigenvalue weighted by atomic mass is 10.2. The predicted octanol–water partition coefficient (Wildman–Crippen LogP) is 4.40. The van der Waals surface area contributed by atoms with Crippen molar-refractivity contribution in [1.29, 1.82) is 0 Å². The van der Waals surface area contributed by atoms with Crippen molar-refractivity contribution in [1.82, 2.24) is 14.5 Å². The van der Waals surface area contributed by atoms with E-state index in [1.807, 2.05) is 42.6 Å². The average Bonchev–Trinajstić information content (AvgIpc) is 3.51. The minimum Gasteiger partial charge on any atom is -0.497 e. The maximum Gasteiger partial charge on any atom is 0.246 e. The van der Waals surface area contributed by atoms with Crippen LogP contribution in [0.15, 0.2) is 54.7 Å². The van der Waals surface area contributed by atoms with Crippen LogP contribution in [0.2, 0.25) is 5.02 Å². The Bertz CT molecular complexity index is 1110. The number of hydrogen-bond acceptors (Lipinski definition) is 4. The third-order valence-corrected chi connectivity index (χ3v) is 5.66. The number of benzene rings is 2. The molecule has 166 valence electrons. The summed E-state index contributed by atoms with van der Waals surface area (Å²) in [4.78, 5) is 31.0. The molecule has 1 fully saturated rings. The highest BCUT2D eigenvalue weighted by Gasteiger charge is 2.27. The summed E-state index contributed by atoms with van der Waals surface area (Å²) in [7, 11) is 1.61. The van der Waals surface area contributed by atoms with Crippen LogP contribution in [-0.4, -0.2) is 46.5 Å². The van der Waals surface area contributed by atoms with Crippen molar-refractivity contribution in [3.8, 4) is 22.7 Å². The van der Waals surface area contributed by atoms with E-state index >= 15 is 0 Å². The Labute approximate surface area is 192 Å². The molecule has 2 amide bonds. The summed E-state index contributed by atoms with van der Waals surface area (Å²) >= 11 is 6.02. The molecule has 1 aliphatic carbocycles. The molecule has 3 aromatic rings. The molecule has 7 nitrogen and oxygen atoms in total. The Morgan fingerprint density at radius 2 is 1.84 bits per heavy atom. The van der Waals surface area contributed by atoms with Crippen molar-refractivity contribution in [2.45, 2.75) is 19.8 Å². The van der Waals surface area contributed by atoms with E-state index < -0.39 is 0 Å². The lowest BCUT2D eigenvalue weighted by Crippen LogP contribution is -2.38. The molecule has 8 heteroatoms. The van der Waals surface area contributed by atoms with Gasteiger partial charge in [0, 0.05) is 35.9 Å². The molecule has 1 aromatic heterocycles. The van der Waals surface area contributed by atoms with Crippen molar-refractivity contribution in [3.63, 3.8) is 0 Å². The zero-order chi connectivity index (χ0) is 22.7. The number of halogens is 1. The molecule has 1 heterocycles. The molecule has 0 radical (unpaired) electrons. The van der Waals surface area contributed by atoms with Gasteiger partial charge in [-0.05, 0) is 55.2 Å². The number of carbonyl (C=O) groups is 2. The minimum atomic E-state index is -0.288. The molecule has 1 aliphatic rings. The Hall–Kier alpha value is -3.32. The Balaban J connectivity index is 1.61. The highest BCUT2D eigenvalue weighted by atomic mass is 35.5. The first-order valence-electron chi connectivity index (χ1n) is 10.5. The van der Waals surface area contributed by atoms with E-state index in [1.165, 1.54) is 6.92 Å². The molecule has 0 unspecified atom stereocenters. The van der Waals surface area contributed by atoms with Crippen molar-refractivity contribution in [2.24, 2.45) is 5.92 Å². The number of carbonyl (C=O) groups excluding carboxylic acids is 2. The Kier molecular flexibility index (Phi) is 6.46. The third-order valence-electron chi connectivity index (χ3n) is 5.40. The molecule has 0 saturated heterocycles. The zero-order valence-corrected chi connectivity index (χ0v) is 18.8. The molecular formula is C24H25ClN4O3. The standard InChI is InChI=1S/C24H25ClN4O3/c1-16(30)28(13-17-3-4-17)15-23(31)27-24-26-22(18-5-7-19(25)8-6-18)14-29(24)20-9-11-21(32-2)12-10-20/h5-12,14,17H,3-4,13,15H2,1-2H3,(H,26,27,31). The van der Waals surface area contributed by atoms with Gasteiger partial charge in [0.05, 0.1) is 19.3 Å².